The van der Waals surface area contributed by atoms with Crippen molar-refractivity contribution in [1.82, 2.24) is 4.90 Å². The highest BCUT2D eigenvalue weighted by Crippen LogP contribution is 2.27. The van der Waals surface area contributed by atoms with E-state index in [4.69, 9.17) is 10.5 Å². The standard InChI is InChI=1S/C17H26N2O2/c1-17(2)13-19(10-8-15(17)18)16(20)12-21-11-9-14-6-4-3-5-7-14/h3-7,15H,8-13,18H2,1-2H3. The monoisotopic (exact) mass is 290 g/mol. The van der Waals surface area contributed by atoms with Gasteiger partial charge in [-0.05, 0) is 23.8 Å². The van der Waals surface area contributed by atoms with Gasteiger partial charge in [-0.2, -0.15) is 0 Å². The number of nitrogens with zero attached hydrogens (tertiary/aromatic N) is 1. The molecule has 0 aliphatic carbocycles. The van der Waals surface area contributed by atoms with Crippen molar-refractivity contribution in [2.75, 3.05) is 26.3 Å². The molecule has 2 N–H and O–H groups in total. The highest BCUT2D eigenvalue weighted by atomic mass is 16.5. The van der Waals surface area contributed by atoms with Gasteiger partial charge in [0.1, 0.15) is 6.61 Å². The van der Waals surface area contributed by atoms with Gasteiger partial charge in [0, 0.05) is 19.1 Å². The molecule has 1 unspecified atom stereocenters. The highest BCUT2D eigenvalue weighted by molar-refractivity contribution is 5.77. The van der Waals surface area contributed by atoms with Crippen molar-refractivity contribution in [1.29, 1.82) is 0 Å². The molecule has 1 aliphatic rings. The van der Waals surface area contributed by atoms with Crippen molar-refractivity contribution < 1.29 is 9.53 Å². The Balaban J connectivity index is 1.70. The first kappa shape index (κ1) is 16.0. The molecule has 116 valence electrons. The highest BCUT2D eigenvalue weighted by Gasteiger charge is 2.35. The van der Waals surface area contributed by atoms with Gasteiger partial charge in [-0.25, -0.2) is 0 Å². The van der Waals surface area contributed by atoms with Gasteiger partial charge in [0.25, 0.3) is 0 Å². The minimum absolute atomic E-state index is 0.0159. The van der Waals surface area contributed by atoms with Gasteiger partial charge in [-0.3, -0.25) is 4.79 Å². The van der Waals surface area contributed by atoms with Gasteiger partial charge in [0.05, 0.1) is 6.61 Å². The summed E-state index contributed by atoms with van der Waals surface area (Å²) < 4.78 is 5.53. The lowest BCUT2D eigenvalue weighted by molar-refractivity contribution is -0.139. The first-order valence-corrected chi connectivity index (χ1v) is 7.64. The van der Waals surface area contributed by atoms with Crippen LogP contribution in [0.2, 0.25) is 0 Å². The Bertz CT molecular complexity index is 459. The topological polar surface area (TPSA) is 55.6 Å². The molecule has 4 nitrogen and oxygen atoms in total. The molecule has 21 heavy (non-hydrogen) atoms. The van der Waals surface area contributed by atoms with Gasteiger partial charge >= 0.3 is 0 Å². The lowest BCUT2D eigenvalue weighted by Gasteiger charge is -2.42. The van der Waals surface area contributed by atoms with E-state index in [0.717, 1.165) is 25.9 Å². The number of carbonyl (C=O) groups is 1. The molecular weight excluding hydrogens is 264 g/mol. The molecular formula is C17H26N2O2. The van der Waals surface area contributed by atoms with Crippen LogP contribution >= 0.6 is 0 Å². The summed E-state index contributed by atoms with van der Waals surface area (Å²) in [4.78, 5) is 14.0. The average molecular weight is 290 g/mol. The minimum atomic E-state index is -0.0159. The van der Waals surface area contributed by atoms with E-state index in [1.54, 1.807) is 0 Å². The van der Waals surface area contributed by atoms with E-state index in [0.29, 0.717) is 6.61 Å². The number of hydrogen-bond donors (Lipinski definition) is 1. The van der Waals surface area contributed by atoms with Crippen LogP contribution in [0.15, 0.2) is 30.3 Å². The first-order valence-electron chi connectivity index (χ1n) is 7.64. The summed E-state index contributed by atoms with van der Waals surface area (Å²) in [6.45, 7) is 6.44. The summed E-state index contributed by atoms with van der Waals surface area (Å²) in [7, 11) is 0. The predicted molar refractivity (Wildman–Crippen MR) is 83.9 cm³/mol. The largest absolute Gasteiger partial charge is 0.371 e. The fourth-order valence-electron chi connectivity index (χ4n) is 2.67. The lowest BCUT2D eigenvalue weighted by atomic mass is 9.80. The second kappa shape index (κ2) is 7.05. The molecule has 0 saturated carbocycles. The number of ether oxygens (including phenoxy) is 1. The molecule has 0 spiro atoms. The number of nitrogens with two attached hydrogens (primary N) is 1. The Hall–Kier alpha value is -1.39. The van der Waals surface area contributed by atoms with Crippen molar-refractivity contribution in [2.24, 2.45) is 11.1 Å². The maximum Gasteiger partial charge on any atom is 0.248 e. The Morgan fingerprint density at radius 2 is 2.10 bits per heavy atom. The van der Waals surface area contributed by atoms with Crippen LogP contribution in [0.5, 0.6) is 0 Å². The zero-order valence-corrected chi connectivity index (χ0v) is 13.0. The summed E-state index contributed by atoms with van der Waals surface area (Å²) in [5.74, 6) is 0.0723. The first-order chi connectivity index (χ1) is 9.99. The predicted octanol–water partition coefficient (Wildman–Crippen LogP) is 1.83. The number of carbonyl (C=O) groups excluding carboxylic acids is 1. The summed E-state index contributed by atoms with van der Waals surface area (Å²) in [6.07, 6.45) is 1.70. The molecule has 0 bridgehead atoms. The van der Waals surface area contributed by atoms with Crippen molar-refractivity contribution in [2.45, 2.75) is 32.7 Å². The number of amides is 1. The van der Waals surface area contributed by atoms with E-state index in [1.807, 2.05) is 23.1 Å². The van der Waals surface area contributed by atoms with Gasteiger partial charge < -0.3 is 15.4 Å². The van der Waals surface area contributed by atoms with Crippen LogP contribution in [0.3, 0.4) is 0 Å². The zero-order valence-electron chi connectivity index (χ0n) is 13.0. The smallest absolute Gasteiger partial charge is 0.248 e. The van der Waals surface area contributed by atoms with Crippen molar-refractivity contribution >= 4 is 5.91 Å². The third kappa shape index (κ3) is 4.55. The van der Waals surface area contributed by atoms with E-state index in [-0.39, 0.29) is 24.0 Å². The lowest BCUT2D eigenvalue weighted by Crippen LogP contribution is -2.54. The van der Waals surface area contributed by atoms with Crippen molar-refractivity contribution in [3.05, 3.63) is 35.9 Å². The third-order valence-corrected chi connectivity index (χ3v) is 4.27. The Kier molecular flexibility index (Phi) is 5.37. The third-order valence-electron chi connectivity index (χ3n) is 4.27. The summed E-state index contributed by atoms with van der Waals surface area (Å²) in [5.41, 5.74) is 7.31. The van der Waals surface area contributed by atoms with Crippen molar-refractivity contribution in [3.63, 3.8) is 0 Å². The summed E-state index contributed by atoms with van der Waals surface area (Å²) >= 11 is 0. The molecule has 1 aromatic carbocycles. The Morgan fingerprint density at radius 3 is 2.76 bits per heavy atom. The molecule has 2 rings (SSSR count). The quantitative estimate of drug-likeness (QED) is 0.842. The van der Waals surface area contributed by atoms with Crippen LogP contribution in [0.4, 0.5) is 0 Å². The molecule has 1 atom stereocenters. The molecule has 1 amide bonds. The van der Waals surface area contributed by atoms with Gasteiger partial charge in [-0.1, -0.05) is 44.2 Å². The normalized spacial score (nSPS) is 21.3. The van der Waals surface area contributed by atoms with Gasteiger partial charge in [-0.15, -0.1) is 0 Å². The fraction of sp³-hybridized carbons (Fsp3) is 0.588. The summed E-state index contributed by atoms with van der Waals surface area (Å²) in [5, 5.41) is 0. The van der Waals surface area contributed by atoms with Gasteiger partial charge in [0.2, 0.25) is 5.91 Å². The molecule has 1 aliphatic heterocycles. The van der Waals surface area contributed by atoms with Crippen LogP contribution < -0.4 is 5.73 Å². The molecule has 0 radical (unpaired) electrons. The summed E-state index contributed by atoms with van der Waals surface area (Å²) in [6, 6.07) is 10.3. The second-order valence-corrected chi connectivity index (χ2v) is 6.49. The Labute approximate surface area is 127 Å². The fourth-order valence-corrected chi connectivity index (χ4v) is 2.67. The van der Waals surface area contributed by atoms with Crippen LogP contribution in [-0.2, 0) is 16.0 Å². The SMILES string of the molecule is CC1(C)CN(C(=O)COCCc2ccccc2)CCC1N. The molecule has 1 fully saturated rings. The van der Waals surface area contributed by atoms with Crippen LogP contribution in [0.1, 0.15) is 25.8 Å². The van der Waals surface area contributed by atoms with Crippen LogP contribution in [0, 0.1) is 5.41 Å². The van der Waals surface area contributed by atoms with E-state index in [9.17, 15) is 4.79 Å². The number of likely N-dealkylation sites (tertiary alicyclic amines) is 1. The average Bonchev–Trinajstić information content (AvgIpc) is 2.47. The van der Waals surface area contributed by atoms with E-state index in [1.165, 1.54) is 5.56 Å². The molecule has 0 aromatic heterocycles. The maximum absolute atomic E-state index is 12.2. The van der Waals surface area contributed by atoms with E-state index < -0.39 is 0 Å². The number of piperidine rings is 1. The minimum Gasteiger partial charge on any atom is -0.371 e. The zero-order chi connectivity index (χ0) is 15.3. The number of rotatable bonds is 5. The van der Waals surface area contributed by atoms with Crippen molar-refractivity contribution in [3.8, 4) is 0 Å². The van der Waals surface area contributed by atoms with Crippen LogP contribution in [0.25, 0.3) is 0 Å². The molecule has 4 heteroatoms. The molecule has 1 aromatic rings. The van der Waals surface area contributed by atoms with E-state index in [2.05, 4.69) is 26.0 Å². The van der Waals surface area contributed by atoms with Gasteiger partial charge in [0.15, 0.2) is 0 Å². The Morgan fingerprint density at radius 1 is 1.38 bits per heavy atom. The molecule has 1 saturated heterocycles. The number of benzene rings is 1. The van der Waals surface area contributed by atoms with Crippen LogP contribution in [-0.4, -0.2) is 43.2 Å². The second-order valence-electron chi connectivity index (χ2n) is 6.49. The van der Waals surface area contributed by atoms with E-state index >= 15 is 0 Å². The maximum atomic E-state index is 12.2. The molecule has 1 heterocycles. The number of hydrogen-bond acceptors (Lipinski definition) is 3.